The number of amides is 1. The first kappa shape index (κ1) is 22.6. The van der Waals surface area contributed by atoms with Gasteiger partial charge in [-0.3, -0.25) is 9.59 Å². The van der Waals surface area contributed by atoms with E-state index in [1.807, 2.05) is 25.9 Å². The molecule has 0 spiro atoms. The highest BCUT2D eigenvalue weighted by Gasteiger charge is 2.47. The van der Waals surface area contributed by atoms with Crippen molar-refractivity contribution < 1.29 is 23.8 Å². The molecule has 1 amide bonds. The number of Topliss-reactive ketones (excluding diaryl/α,β-unsaturated/α-hetero) is 1. The average molecular weight is 427 g/mol. The molecule has 1 fully saturated rings. The van der Waals surface area contributed by atoms with Gasteiger partial charge in [0.1, 0.15) is 23.3 Å². The van der Waals surface area contributed by atoms with Crippen LogP contribution in [0.2, 0.25) is 0 Å². The molecule has 31 heavy (non-hydrogen) atoms. The molecule has 1 atom stereocenters. The Balaban J connectivity index is 2.02. The highest BCUT2D eigenvalue weighted by molar-refractivity contribution is 6.46. The number of carbonyl (C=O) groups excluding carboxylic acids is 2. The molecule has 0 bridgehead atoms. The van der Waals surface area contributed by atoms with Crippen molar-refractivity contribution in [1.82, 2.24) is 9.80 Å². The number of carbonyl (C=O) groups is 2. The highest BCUT2D eigenvalue weighted by atomic mass is 16.5. The van der Waals surface area contributed by atoms with Gasteiger partial charge in [-0.1, -0.05) is 13.8 Å². The van der Waals surface area contributed by atoms with E-state index in [0.717, 1.165) is 11.3 Å². The van der Waals surface area contributed by atoms with Crippen molar-refractivity contribution in [2.24, 2.45) is 5.92 Å². The lowest BCUT2D eigenvalue weighted by molar-refractivity contribution is -0.140. The van der Waals surface area contributed by atoms with Crippen molar-refractivity contribution in [1.29, 1.82) is 0 Å². The van der Waals surface area contributed by atoms with Gasteiger partial charge in [0.25, 0.3) is 11.7 Å². The number of likely N-dealkylation sites (tertiary alicyclic amines) is 1. The van der Waals surface area contributed by atoms with Crippen LogP contribution in [0.1, 0.15) is 36.8 Å². The fourth-order valence-corrected chi connectivity index (χ4v) is 3.53. The molecular formula is C24H30N2O5. The summed E-state index contributed by atoms with van der Waals surface area (Å²) in [7, 11) is 3.79. The number of likely N-dealkylation sites (N-methyl/N-ethyl adjacent to an activating group) is 1. The van der Waals surface area contributed by atoms with Crippen molar-refractivity contribution >= 4 is 17.4 Å². The molecule has 1 aliphatic rings. The van der Waals surface area contributed by atoms with Gasteiger partial charge >= 0.3 is 0 Å². The van der Waals surface area contributed by atoms with E-state index in [1.54, 1.807) is 30.3 Å². The lowest BCUT2D eigenvalue weighted by Crippen LogP contribution is -2.35. The number of aliphatic hydroxyl groups excluding tert-OH is 1. The molecule has 0 saturated carbocycles. The van der Waals surface area contributed by atoms with Gasteiger partial charge in [0.2, 0.25) is 0 Å². The van der Waals surface area contributed by atoms with Gasteiger partial charge in [-0.05, 0) is 62.8 Å². The Morgan fingerprint density at radius 2 is 2.00 bits per heavy atom. The smallest absolute Gasteiger partial charge is 0.295 e. The number of hydrogen-bond acceptors (Lipinski definition) is 6. The zero-order valence-electron chi connectivity index (χ0n) is 18.7. The molecule has 0 aliphatic carbocycles. The normalized spacial score (nSPS) is 18.4. The minimum atomic E-state index is -0.771. The zero-order valence-corrected chi connectivity index (χ0v) is 18.7. The van der Waals surface area contributed by atoms with Gasteiger partial charge in [-0.15, -0.1) is 0 Å². The molecule has 7 nitrogen and oxygen atoms in total. The van der Waals surface area contributed by atoms with Crippen molar-refractivity contribution in [2.75, 3.05) is 33.8 Å². The maximum absolute atomic E-state index is 12.9. The van der Waals surface area contributed by atoms with E-state index in [4.69, 9.17) is 9.15 Å². The van der Waals surface area contributed by atoms with Crippen molar-refractivity contribution in [3.8, 4) is 5.75 Å². The van der Waals surface area contributed by atoms with Gasteiger partial charge in [0.05, 0.1) is 18.4 Å². The van der Waals surface area contributed by atoms with Crippen molar-refractivity contribution in [3.63, 3.8) is 0 Å². The van der Waals surface area contributed by atoms with Gasteiger partial charge in [-0.25, -0.2) is 0 Å². The Morgan fingerprint density at radius 1 is 1.26 bits per heavy atom. The lowest BCUT2D eigenvalue weighted by Gasteiger charge is -2.24. The molecule has 166 valence electrons. The van der Waals surface area contributed by atoms with Gasteiger partial charge in [-0.2, -0.15) is 0 Å². The third kappa shape index (κ3) is 4.82. The van der Waals surface area contributed by atoms with E-state index in [1.165, 1.54) is 11.2 Å². The van der Waals surface area contributed by atoms with Crippen LogP contribution in [0.15, 0.2) is 46.6 Å². The Kier molecular flexibility index (Phi) is 6.85. The predicted octanol–water partition coefficient (Wildman–Crippen LogP) is 3.61. The first-order valence-corrected chi connectivity index (χ1v) is 10.4. The number of rotatable bonds is 8. The quantitative estimate of drug-likeness (QED) is 0.394. The van der Waals surface area contributed by atoms with Crippen LogP contribution in [-0.2, 0) is 9.59 Å². The number of ketones is 1. The second-order valence-electron chi connectivity index (χ2n) is 8.50. The van der Waals surface area contributed by atoms with E-state index in [-0.39, 0.29) is 11.3 Å². The van der Waals surface area contributed by atoms with Crippen LogP contribution >= 0.6 is 0 Å². The molecule has 7 heteroatoms. The second-order valence-corrected chi connectivity index (χ2v) is 8.50. The Labute approximate surface area is 182 Å². The van der Waals surface area contributed by atoms with Gasteiger partial charge in [0, 0.05) is 18.7 Å². The van der Waals surface area contributed by atoms with Crippen LogP contribution in [0.25, 0.3) is 5.76 Å². The standard InChI is InChI=1S/C24H30N2O5/c1-15(2)14-31-18-9-8-17(13-16(18)3)22(27)20-21(19-7-6-12-30-19)26(11-10-25(4)5)24(29)23(20)28/h6-9,12-13,15,21,27H,10-11,14H2,1-5H3/b22-20-. The van der Waals surface area contributed by atoms with Crippen LogP contribution in [-0.4, -0.2) is 60.4 Å². The Hall–Kier alpha value is -3.06. The van der Waals surface area contributed by atoms with E-state index in [2.05, 4.69) is 13.8 Å². The first-order valence-electron chi connectivity index (χ1n) is 10.4. The first-order chi connectivity index (χ1) is 14.7. The molecule has 1 aliphatic heterocycles. The van der Waals surface area contributed by atoms with Crippen LogP contribution in [0.5, 0.6) is 5.75 Å². The summed E-state index contributed by atoms with van der Waals surface area (Å²) in [6.45, 7) is 7.51. The van der Waals surface area contributed by atoms with Crippen LogP contribution in [0.4, 0.5) is 0 Å². The summed E-state index contributed by atoms with van der Waals surface area (Å²) in [5.41, 5.74) is 1.33. The average Bonchev–Trinajstić information content (AvgIpc) is 3.32. The predicted molar refractivity (Wildman–Crippen MR) is 118 cm³/mol. The molecular weight excluding hydrogens is 396 g/mol. The summed E-state index contributed by atoms with van der Waals surface area (Å²) < 4.78 is 11.3. The molecule has 1 saturated heterocycles. The summed E-state index contributed by atoms with van der Waals surface area (Å²) in [6, 6.07) is 7.87. The monoisotopic (exact) mass is 426 g/mol. The molecule has 1 unspecified atom stereocenters. The fourth-order valence-electron chi connectivity index (χ4n) is 3.53. The number of hydrogen-bond donors (Lipinski definition) is 1. The number of aliphatic hydroxyl groups is 1. The second kappa shape index (κ2) is 9.39. The fraction of sp³-hybridized carbons (Fsp3) is 0.417. The molecule has 3 rings (SSSR count). The number of nitrogens with zero attached hydrogens (tertiary/aromatic N) is 2. The number of furan rings is 1. The number of benzene rings is 1. The summed E-state index contributed by atoms with van der Waals surface area (Å²) in [5.74, 6) is -0.0224. The van der Waals surface area contributed by atoms with Gasteiger partial charge < -0.3 is 24.1 Å². The molecule has 0 radical (unpaired) electrons. The van der Waals surface area contributed by atoms with E-state index >= 15 is 0 Å². The zero-order chi connectivity index (χ0) is 22.7. The molecule has 1 aromatic heterocycles. The summed E-state index contributed by atoms with van der Waals surface area (Å²) in [5, 5.41) is 11.1. The summed E-state index contributed by atoms with van der Waals surface area (Å²) >= 11 is 0. The maximum atomic E-state index is 12.9. The van der Waals surface area contributed by atoms with Crippen molar-refractivity contribution in [3.05, 3.63) is 59.1 Å². The maximum Gasteiger partial charge on any atom is 0.295 e. The third-order valence-electron chi connectivity index (χ3n) is 5.16. The number of ether oxygens (including phenoxy) is 1. The largest absolute Gasteiger partial charge is 0.507 e. The van der Waals surface area contributed by atoms with Crippen molar-refractivity contribution in [2.45, 2.75) is 26.8 Å². The third-order valence-corrected chi connectivity index (χ3v) is 5.16. The molecule has 1 aromatic carbocycles. The topological polar surface area (TPSA) is 83.2 Å². The SMILES string of the molecule is Cc1cc(/C(O)=C2/C(=O)C(=O)N(CCN(C)C)C2c2ccco2)ccc1OCC(C)C. The van der Waals surface area contributed by atoms with Gasteiger partial charge in [0.15, 0.2) is 0 Å². The van der Waals surface area contributed by atoms with E-state index in [0.29, 0.717) is 36.9 Å². The number of aryl methyl sites for hydroxylation is 1. The lowest BCUT2D eigenvalue weighted by atomic mass is 9.98. The molecule has 2 aromatic rings. The van der Waals surface area contributed by atoms with E-state index in [9.17, 15) is 14.7 Å². The molecule has 2 heterocycles. The highest BCUT2D eigenvalue weighted by Crippen LogP contribution is 2.39. The minimum absolute atomic E-state index is 0.0361. The van der Waals surface area contributed by atoms with Crippen LogP contribution in [0, 0.1) is 12.8 Å². The van der Waals surface area contributed by atoms with E-state index < -0.39 is 17.7 Å². The van der Waals surface area contributed by atoms with Crippen LogP contribution in [0.3, 0.4) is 0 Å². The summed E-state index contributed by atoms with van der Waals surface area (Å²) in [4.78, 5) is 29.1. The minimum Gasteiger partial charge on any atom is -0.507 e. The Bertz CT molecular complexity index is 976. The summed E-state index contributed by atoms with van der Waals surface area (Å²) in [6.07, 6.45) is 1.49. The molecule has 1 N–H and O–H groups in total. The Morgan fingerprint density at radius 3 is 2.58 bits per heavy atom. The van der Waals surface area contributed by atoms with Crippen LogP contribution < -0.4 is 4.74 Å².